The second-order valence-corrected chi connectivity index (χ2v) is 7.45. The van der Waals surface area contributed by atoms with E-state index in [2.05, 4.69) is 0 Å². The van der Waals surface area contributed by atoms with Crippen LogP contribution in [0, 0.1) is 5.82 Å². The number of hydrogen-bond acceptors (Lipinski definition) is 3. The molecule has 0 spiro atoms. The van der Waals surface area contributed by atoms with Gasteiger partial charge in [0.1, 0.15) is 12.4 Å². The van der Waals surface area contributed by atoms with Crippen molar-refractivity contribution < 1.29 is 17.5 Å². The molecule has 3 nitrogen and oxygen atoms in total. The average Bonchev–Trinajstić information content (AvgIpc) is 2.36. The number of ether oxygens (including phenoxy) is 1. The van der Waals surface area contributed by atoms with Crippen LogP contribution in [0.25, 0.3) is 0 Å². The van der Waals surface area contributed by atoms with Crippen LogP contribution < -0.4 is 4.74 Å². The lowest BCUT2D eigenvalue weighted by molar-refractivity contribution is 0.306. The fraction of sp³-hybridized carbons (Fsp3) is 0.0769. The van der Waals surface area contributed by atoms with Gasteiger partial charge in [0.25, 0.3) is 9.05 Å². The quantitative estimate of drug-likeness (QED) is 0.737. The Kier molecular flexibility index (Phi) is 4.99. The third-order valence-corrected chi connectivity index (χ3v) is 4.42. The van der Waals surface area contributed by atoms with E-state index in [1.54, 1.807) is 12.1 Å². The minimum Gasteiger partial charge on any atom is -0.486 e. The molecule has 2 aromatic rings. The van der Waals surface area contributed by atoms with Crippen LogP contribution in [0.3, 0.4) is 0 Å². The van der Waals surface area contributed by atoms with Gasteiger partial charge in [0, 0.05) is 10.7 Å². The van der Waals surface area contributed by atoms with Crippen LogP contribution in [-0.2, 0) is 15.7 Å². The zero-order valence-electron chi connectivity index (χ0n) is 10.3. The molecule has 0 radical (unpaired) electrons. The molecule has 0 aliphatic heterocycles. The molecule has 0 saturated heterocycles. The molecule has 0 atom stereocenters. The summed E-state index contributed by atoms with van der Waals surface area (Å²) in [5.74, 6) is -0.288. The van der Waals surface area contributed by atoms with Crippen molar-refractivity contribution in [3.8, 4) is 5.75 Å². The summed E-state index contributed by atoms with van der Waals surface area (Å²) in [5.41, 5.74) is 0.580. The third-order valence-electron chi connectivity index (χ3n) is 2.53. The highest BCUT2D eigenvalue weighted by Crippen LogP contribution is 2.36. The Morgan fingerprint density at radius 1 is 1.10 bits per heavy atom. The van der Waals surface area contributed by atoms with Crippen molar-refractivity contribution >= 4 is 42.9 Å². The Bertz CT molecular complexity index is 755. The third kappa shape index (κ3) is 4.23. The minimum absolute atomic E-state index is 0.00173. The van der Waals surface area contributed by atoms with Crippen molar-refractivity contribution in [1.29, 1.82) is 0 Å². The fourth-order valence-electron chi connectivity index (χ4n) is 1.60. The molecule has 0 saturated carbocycles. The van der Waals surface area contributed by atoms with Crippen molar-refractivity contribution in [1.82, 2.24) is 0 Å². The molecule has 2 aromatic carbocycles. The smallest absolute Gasteiger partial charge is 0.261 e. The van der Waals surface area contributed by atoms with Crippen molar-refractivity contribution in [3.05, 3.63) is 57.8 Å². The first-order chi connectivity index (χ1) is 9.77. The van der Waals surface area contributed by atoms with Gasteiger partial charge in [0.15, 0.2) is 5.75 Å². The van der Waals surface area contributed by atoms with Crippen LogP contribution in [0.5, 0.6) is 5.75 Å². The molecular weight excluding hydrogens is 362 g/mol. The molecular formula is C13H8Cl3FO3S. The van der Waals surface area contributed by atoms with Crippen LogP contribution in [0.4, 0.5) is 4.39 Å². The first-order valence-electron chi connectivity index (χ1n) is 5.58. The molecule has 0 N–H and O–H groups in total. The second-order valence-electron chi connectivity index (χ2n) is 4.07. The Hall–Kier alpha value is -1.01. The van der Waals surface area contributed by atoms with Gasteiger partial charge < -0.3 is 4.74 Å². The van der Waals surface area contributed by atoms with E-state index in [0.29, 0.717) is 5.56 Å². The van der Waals surface area contributed by atoms with Crippen molar-refractivity contribution in [2.45, 2.75) is 11.5 Å². The van der Waals surface area contributed by atoms with E-state index in [4.69, 9.17) is 38.6 Å². The lowest BCUT2D eigenvalue weighted by Crippen LogP contribution is -1.99. The van der Waals surface area contributed by atoms with E-state index in [0.717, 1.165) is 12.1 Å². The molecule has 0 aliphatic carbocycles. The highest BCUT2D eigenvalue weighted by molar-refractivity contribution is 8.13. The standard InChI is InChI=1S/C13H8Cl3FO3S/c14-11-5-10(21(16,18)19)6-12(15)13(11)20-7-8-2-1-3-9(17)4-8/h1-6H,7H2. The molecule has 0 aliphatic rings. The van der Waals surface area contributed by atoms with Crippen molar-refractivity contribution in [3.63, 3.8) is 0 Å². The van der Waals surface area contributed by atoms with E-state index in [1.807, 2.05) is 0 Å². The van der Waals surface area contributed by atoms with E-state index >= 15 is 0 Å². The van der Waals surface area contributed by atoms with Crippen LogP contribution in [0.1, 0.15) is 5.56 Å². The molecule has 0 amide bonds. The molecule has 0 fully saturated rings. The zero-order chi connectivity index (χ0) is 15.6. The number of hydrogen-bond donors (Lipinski definition) is 0. The van der Waals surface area contributed by atoms with Gasteiger partial charge in [-0.2, -0.15) is 0 Å². The van der Waals surface area contributed by atoms with E-state index in [-0.39, 0.29) is 27.3 Å². The second kappa shape index (κ2) is 6.40. The molecule has 112 valence electrons. The first kappa shape index (κ1) is 16.4. The summed E-state index contributed by atoms with van der Waals surface area (Å²) in [7, 11) is 1.28. The topological polar surface area (TPSA) is 43.4 Å². The maximum absolute atomic E-state index is 13.0. The summed E-state index contributed by atoms with van der Waals surface area (Å²) in [5, 5.41) is -0.00347. The molecule has 0 unspecified atom stereocenters. The number of halogens is 4. The van der Waals surface area contributed by atoms with Gasteiger partial charge in [-0.25, -0.2) is 12.8 Å². The highest BCUT2D eigenvalue weighted by atomic mass is 35.7. The fourth-order valence-corrected chi connectivity index (χ4v) is 3.11. The van der Waals surface area contributed by atoms with Crippen LogP contribution in [0.15, 0.2) is 41.3 Å². The van der Waals surface area contributed by atoms with E-state index in [1.165, 1.54) is 12.1 Å². The molecule has 0 heterocycles. The maximum Gasteiger partial charge on any atom is 0.261 e. The lowest BCUT2D eigenvalue weighted by Gasteiger charge is -2.11. The molecule has 0 bridgehead atoms. The monoisotopic (exact) mass is 368 g/mol. The predicted octanol–water partition coefficient (Wildman–Crippen LogP) is 4.64. The highest BCUT2D eigenvalue weighted by Gasteiger charge is 2.17. The Balaban J connectivity index is 2.25. The van der Waals surface area contributed by atoms with E-state index in [9.17, 15) is 12.8 Å². The molecule has 21 heavy (non-hydrogen) atoms. The summed E-state index contributed by atoms with van der Waals surface area (Å²) in [4.78, 5) is -0.225. The van der Waals surface area contributed by atoms with Gasteiger partial charge in [0.2, 0.25) is 0 Å². The van der Waals surface area contributed by atoms with Crippen molar-refractivity contribution in [2.75, 3.05) is 0 Å². The summed E-state index contributed by atoms with van der Waals surface area (Å²) in [6.45, 7) is 0.0319. The average molecular weight is 370 g/mol. The molecule has 8 heteroatoms. The summed E-state index contributed by atoms with van der Waals surface area (Å²) in [6.07, 6.45) is 0. The summed E-state index contributed by atoms with van der Waals surface area (Å²) >= 11 is 11.9. The summed E-state index contributed by atoms with van der Waals surface area (Å²) < 4.78 is 40.9. The summed E-state index contributed by atoms with van der Waals surface area (Å²) in [6, 6.07) is 8.10. The van der Waals surface area contributed by atoms with Crippen LogP contribution in [-0.4, -0.2) is 8.42 Å². The SMILES string of the molecule is O=S(=O)(Cl)c1cc(Cl)c(OCc2cccc(F)c2)c(Cl)c1. The van der Waals surface area contributed by atoms with Gasteiger partial charge in [-0.05, 0) is 29.8 Å². The number of rotatable bonds is 4. The van der Waals surface area contributed by atoms with Crippen molar-refractivity contribution in [2.24, 2.45) is 0 Å². The zero-order valence-corrected chi connectivity index (χ0v) is 13.4. The Morgan fingerprint density at radius 3 is 2.24 bits per heavy atom. The lowest BCUT2D eigenvalue weighted by atomic mass is 10.2. The minimum atomic E-state index is -3.94. The molecule has 2 rings (SSSR count). The Labute approximate surface area is 135 Å². The van der Waals surface area contributed by atoms with Gasteiger partial charge in [-0.1, -0.05) is 35.3 Å². The van der Waals surface area contributed by atoms with Gasteiger partial charge in [-0.3, -0.25) is 0 Å². The van der Waals surface area contributed by atoms with Gasteiger partial charge in [-0.15, -0.1) is 0 Å². The maximum atomic E-state index is 13.0. The first-order valence-corrected chi connectivity index (χ1v) is 8.65. The van der Waals surface area contributed by atoms with E-state index < -0.39 is 14.9 Å². The molecule has 0 aromatic heterocycles. The van der Waals surface area contributed by atoms with Gasteiger partial charge in [0.05, 0.1) is 14.9 Å². The normalized spacial score (nSPS) is 11.4. The predicted molar refractivity (Wildman–Crippen MR) is 80.2 cm³/mol. The Morgan fingerprint density at radius 2 is 1.71 bits per heavy atom. The number of benzene rings is 2. The largest absolute Gasteiger partial charge is 0.486 e. The van der Waals surface area contributed by atoms with Crippen LogP contribution in [0.2, 0.25) is 10.0 Å². The van der Waals surface area contributed by atoms with Gasteiger partial charge >= 0.3 is 0 Å². The van der Waals surface area contributed by atoms with Crippen LogP contribution >= 0.6 is 33.9 Å².